The Bertz CT molecular complexity index is 740. The van der Waals surface area contributed by atoms with Gasteiger partial charge in [-0.2, -0.15) is 0 Å². The molecule has 0 aliphatic carbocycles. The zero-order valence-corrected chi connectivity index (χ0v) is 15.2. The number of carbonyl (C=O) groups is 2. The van der Waals surface area contributed by atoms with Gasteiger partial charge >= 0.3 is 0 Å². The second-order valence-electron chi connectivity index (χ2n) is 5.94. The third kappa shape index (κ3) is 5.13. The van der Waals surface area contributed by atoms with E-state index in [4.69, 9.17) is 0 Å². The van der Waals surface area contributed by atoms with Crippen molar-refractivity contribution in [1.29, 1.82) is 0 Å². The Labute approximate surface area is 147 Å². The largest absolute Gasteiger partial charge is 0.350 e. The first kappa shape index (κ1) is 18.1. The van der Waals surface area contributed by atoms with E-state index < -0.39 is 0 Å². The molecule has 0 bridgehead atoms. The summed E-state index contributed by atoms with van der Waals surface area (Å²) in [6.45, 7) is 7.32. The molecule has 2 aromatic rings. The molecule has 0 aromatic heterocycles. The van der Waals surface area contributed by atoms with E-state index in [1.54, 1.807) is 23.9 Å². The van der Waals surface area contributed by atoms with Crippen LogP contribution in [0.15, 0.2) is 52.3 Å². The lowest BCUT2D eigenvalue weighted by Gasteiger charge is -2.13. The number of aryl methyl sites for hydroxylation is 1. The third-order valence-corrected chi connectivity index (χ3v) is 4.30. The number of carbonyl (C=O) groups excluding carboxylic acids is 2. The van der Waals surface area contributed by atoms with E-state index in [2.05, 4.69) is 10.6 Å². The summed E-state index contributed by atoms with van der Waals surface area (Å²) in [5, 5.41) is 5.67. The smallest absolute Gasteiger partial charge is 0.251 e. The summed E-state index contributed by atoms with van der Waals surface area (Å²) in [4.78, 5) is 25.6. The van der Waals surface area contributed by atoms with Crippen LogP contribution < -0.4 is 10.6 Å². The maximum absolute atomic E-state index is 12.2. The van der Waals surface area contributed by atoms with Crippen molar-refractivity contribution in [2.45, 2.75) is 43.5 Å². The molecule has 4 nitrogen and oxygen atoms in total. The summed E-state index contributed by atoms with van der Waals surface area (Å²) in [5.74, 6) is -0.314. The van der Waals surface area contributed by atoms with E-state index in [0.29, 0.717) is 11.3 Å². The van der Waals surface area contributed by atoms with Gasteiger partial charge in [-0.15, -0.1) is 0 Å². The van der Waals surface area contributed by atoms with Crippen LogP contribution >= 0.6 is 11.8 Å². The fourth-order valence-electron chi connectivity index (χ4n) is 2.13. The zero-order chi connectivity index (χ0) is 17.7. The molecule has 2 amide bonds. The van der Waals surface area contributed by atoms with Gasteiger partial charge in [-0.1, -0.05) is 29.5 Å². The van der Waals surface area contributed by atoms with Gasteiger partial charge in [-0.05, 0) is 51.1 Å². The minimum absolute atomic E-state index is 0.0586. The minimum Gasteiger partial charge on any atom is -0.350 e. The normalized spacial score (nSPS) is 10.5. The van der Waals surface area contributed by atoms with E-state index in [0.717, 1.165) is 9.79 Å². The molecule has 0 fully saturated rings. The van der Waals surface area contributed by atoms with Crippen LogP contribution in [0.25, 0.3) is 0 Å². The molecule has 5 heteroatoms. The molecule has 24 heavy (non-hydrogen) atoms. The Morgan fingerprint density at radius 2 is 1.71 bits per heavy atom. The van der Waals surface area contributed by atoms with E-state index in [-0.39, 0.29) is 17.9 Å². The topological polar surface area (TPSA) is 58.2 Å². The molecule has 0 atom stereocenters. The number of amides is 2. The first-order chi connectivity index (χ1) is 11.3. The van der Waals surface area contributed by atoms with E-state index in [1.807, 2.05) is 51.1 Å². The molecule has 0 radical (unpaired) electrons. The SMILES string of the molecule is CC(=O)Nc1cc(C(=O)NC(C)C)ccc1Sc1ccc(C)cc1. The van der Waals surface area contributed by atoms with E-state index >= 15 is 0 Å². The lowest BCUT2D eigenvalue weighted by Crippen LogP contribution is -2.30. The number of hydrogen-bond acceptors (Lipinski definition) is 3. The summed E-state index contributed by atoms with van der Waals surface area (Å²) in [7, 11) is 0. The quantitative estimate of drug-likeness (QED) is 0.854. The lowest BCUT2D eigenvalue weighted by atomic mass is 10.1. The second-order valence-corrected chi connectivity index (χ2v) is 7.05. The number of rotatable bonds is 5. The van der Waals surface area contributed by atoms with Gasteiger partial charge in [0, 0.05) is 28.3 Å². The van der Waals surface area contributed by atoms with Crippen molar-refractivity contribution >= 4 is 29.3 Å². The molecule has 0 heterocycles. The minimum atomic E-state index is -0.165. The summed E-state index contributed by atoms with van der Waals surface area (Å²) in [5.41, 5.74) is 2.37. The fourth-order valence-corrected chi connectivity index (χ4v) is 3.01. The van der Waals surface area contributed by atoms with Crippen molar-refractivity contribution in [3.8, 4) is 0 Å². The van der Waals surface area contributed by atoms with Gasteiger partial charge in [0.1, 0.15) is 0 Å². The van der Waals surface area contributed by atoms with Crippen molar-refractivity contribution in [2.75, 3.05) is 5.32 Å². The van der Waals surface area contributed by atoms with Crippen LogP contribution in [0, 0.1) is 6.92 Å². The molecule has 0 saturated heterocycles. The summed E-state index contributed by atoms with van der Waals surface area (Å²) in [6.07, 6.45) is 0. The predicted octanol–water partition coefficient (Wildman–Crippen LogP) is 4.24. The fraction of sp³-hybridized carbons (Fsp3) is 0.263. The first-order valence-electron chi connectivity index (χ1n) is 7.82. The third-order valence-electron chi connectivity index (χ3n) is 3.22. The van der Waals surface area contributed by atoms with Crippen LogP contribution in [-0.4, -0.2) is 17.9 Å². The Morgan fingerprint density at radius 1 is 1.04 bits per heavy atom. The summed E-state index contributed by atoms with van der Waals surface area (Å²) in [6, 6.07) is 13.6. The van der Waals surface area contributed by atoms with E-state index in [9.17, 15) is 9.59 Å². The summed E-state index contributed by atoms with van der Waals surface area (Å²) >= 11 is 1.55. The lowest BCUT2D eigenvalue weighted by molar-refractivity contribution is -0.114. The Balaban J connectivity index is 2.30. The molecule has 126 valence electrons. The highest BCUT2D eigenvalue weighted by molar-refractivity contribution is 7.99. The van der Waals surface area contributed by atoms with Gasteiger partial charge in [0.2, 0.25) is 5.91 Å². The molecular weight excluding hydrogens is 320 g/mol. The Hall–Kier alpha value is -2.27. The van der Waals surface area contributed by atoms with Gasteiger partial charge in [-0.3, -0.25) is 9.59 Å². The standard InChI is InChI=1S/C19H22N2O2S/c1-12(2)20-19(23)15-7-10-18(17(11-15)21-14(4)22)24-16-8-5-13(3)6-9-16/h5-12H,1-4H3,(H,20,23)(H,21,22). The highest BCUT2D eigenvalue weighted by atomic mass is 32.2. The average molecular weight is 342 g/mol. The van der Waals surface area contributed by atoms with Crippen molar-refractivity contribution in [3.63, 3.8) is 0 Å². The number of benzene rings is 2. The highest BCUT2D eigenvalue weighted by Gasteiger charge is 2.12. The molecule has 0 aliphatic rings. The number of hydrogen-bond donors (Lipinski definition) is 2. The van der Waals surface area contributed by atoms with Crippen LogP contribution in [0.1, 0.15) is 36.7 Å². The molecule has 0 saturated carbocycles. The van der Waals surface area contributed by atoms with Gasteiger partial charge in [0.15, 0.2) is 0 Å². The first-order valence-corrected chi connectivity index (χ1v) is 8.64. The molecule has 2 aromatic carbocycles. The van der Waals surface area contributed by atoms with Crippen molar-refractivity contribution in [1.82, 2.24) is 5.32 Å². The second kappa shape index (κ2) is 8.02. The molecule has 2 rings (SSSR count). The Kier molecular flexibility index (Phi) is 6.04. The molecule has 2 N–H and O–H groups in total. The van der Waals surface area contributed by atoms with E-state index in [1.165, 1.54) is 12.5 Å². The zero-order valence-electron chi connectivity index (χ0n) is 14.3. The van der Waals surface area contributed by atoms with Gasteiger partial charge in [0.05, 0.1) is 5.69 Å². The number of nitrogens with one attached hydrogen (secondary N) is 2. The van der Waals surface area contributed by atoms with Gasteiger partial charge in [-0.25, -0.2) is 0 Å². The van der Waals surface area contributed by atoms with Crippen molar-refractivity contribution < 1.29 is 9.59 Å². The predicted molar refractivity (Wildman–Crippen MR) is 98.6 cm³/mol. The van der Waals surface area contributed by atoms with Gasteiger partial charge in [0.25, 0.3) is 5.91 Å². The van der Waals surface area contributed by atoms with Crippen LogP contribution in [0.3, 0.4) is 0 Å². The molecule has 0 spiro atoms. The maximum atomic E-state index is 12.2. The van der Waals surface area contributed by atoms with Crippen molar-refractivity contribution in [2.24, 2.45) is 0 Å². The highest BCUT2D eigenvalue weighted by Crippen LogP contribution is 2.34. The van der Waals surface area contributed by atoms with Crippen LogP contribution in [-0.2, 0) is 4.79 Å². The van der Waals surface area contributed by atoms with Crippen LogP contribution in [0.5, 0.6) is 0 Å². The molecular formula is C19H22N2O2S. The number of anilines is 1. The van der Waals surface area contributed by atoms with Crippen molar-refractivity contribution in [3.05, 3.63) is 53.6 Å². The summed E-state index contributed by atoms with van der Waals surface area (Å²) < 4.78 is 0. The monoisotopic (exact) mass is 342 g/mol. The molecule has 0 aliphatic heterocycles. The maximum Gasteiger partial charge on any atom is 0.251 e. The average Bonchev–Trinajstić information content (AvgIpc) is 2.50. The Morgan fingerprint density at radius 3 is 2.29 bits per heavy atom. The van der Waals surface area contributed by atoms with Crippen LogP contribution in [0.4, 0.5) is 5.69 Å². The molecule has 0 unspecified atom stereocenters. The van der Waals surface area contributed by atoms with Crippen LogP contribution in [0.2, 0.25) is 0 Å². The van der Waals surface area contributed by atoms with Gasteiger partial charge < -0.3 is 10.6 Å².